The summed E-state index contributed by atoms with van der Waals surface area (Å²) in [4.78, 5) is 11.1. The summed E-state index contributed by atoms with van der Waals surface area (Å²) in [5.74, 6) is 2.84. The van der Waals surface area contributed by atoms with Gasteiger partial charge in [-0.05, 0) is 32.1 Å². The van der Waals surface area contributed by atoms with E-state index in [9.17, 15) is 4.79 Å². The van der Waals surface area contributed by atoms with E-state index in [0.717, 1.165) is 19.3 Å². The first-order chi connectivity index (χ1) is 8.13. The monoisotopic (exact) mass is 233 g/mol. The predicted octanol–water partition coefficient (Wildman–Crippen LogP) is 2.65. The number of nitrogens with one attached hydrogen (secondary N) is 1. The van der Waals surface area contributed by atoms with Gasteiger partial charge in [0.25, 0.3) is 0 Å². The fraction of sp³-hybridized carbons (Fsp3) is 0.500. The Hall–Kier alpha value is -1.69. The Balaban J connectivity index is 2.28. The van der Waals surface area contributed by atoms with Crippen LogP contribution in [0.5, 0.6) is 0 Å². The lowest BCUT2D eigenvalue weighted by atomic mass is 9.85. The molecule has 0 saturated heterocycles. The molecule has 0 radical (unpaired) electrons. The first kappa shape index (κ1) is 13.4. The van der Waals surface area contributed by atoms with E-state index in [4.69, 9.17) is 11.2 Å². The third kappa shape index (κ3) is 4.78. The molecule has 0 aromatic rings. The van der Waals surface area contributed by atoms with Crippen molar-refractivity contribution in [2.24, 2.45) is 5.92 Å². The van der Waals surface area contributed by atoms with Gasteiger partial charge in [0.05, 0.1) is 0 Å². The summed E-state index contributed by atoms with van der Waals surface area (Å²) in [5, 5.41) is 2.68. The van der Waals surface area contributed by atoms with Gasteiger partial charge in [0.1, 0.15) is 0 Å². The van der Waals surface area contributed by atoms with Crippen molar-refractivity contribution in [1.82, 2.24) is 5.32 Å². The maximum absolute atomic E-state index is 11.1. The summed E-state index contributed by atoms with van der Waals surface area (Å²) in [6.07, 6.45) is 9.86. The Bertz CT molecular complexity index is 363. The van der Waals surface area contributed by atoms with Gasteiger partial charge in [-0.25, -0.2) is 4.79 Å². The molecule has 0 bridgehead atoms. The molecule has 0 saturated carbocycles. The quantitative estimate of drug-likeness (QED) is 0.599. The Morgan fingerprint density at radius 1 is 1.76 bits per heavy atom. The van der Waals surface area contributed by atoms with Gasteiger partial charge in [-0.3, -0.25) is 0 Å². The number of hydrogen-bond donors (Lipinski definition) is 1. The van der Waals surface area contributed by atoms with Crippen molar-refractivity contribution in [3.63, 3.8) is 0 Å². The Morgan fingerprint density at radius 3 is 3.06 bits per heavy atom. The van der Waals surface area contributed by atoms with E-state index >= 15 is 0 Å². The Kier molecular flexibility index (Phi) is 5.35. The summed E-state index contributed by atoms with van der Waals surface area (Å²) in [6.45, 7) is 6.61. The van der Waals surface area contributed by atoms with Crippen LogP contribution in [0.15, 0.2) is 23.8 Å². The SMILES string of the molecule is C#CCOC(=O)NCC1=CCC(C(=C)C)CC1. The van der Waals surface area contributed by atoms with E-state index in [1.54, 1.807) is 0 Å². The molecule has 3 heteroatoms. The van der Waals surface area contributed by atoms with E-state index < -0.39 is 6.09 Å². The number of ether oxygens (including phenoxy) is 1. The topological polar surface area (TPSA) is 38.3 Å². The van der Waals surface area contributed by atoms with Gasteiger partial charge in [0.2, 0.25) is 0 Å². The van der Waals surface area contributed by atoms with Crippen molar-refractivity contribution in [1.29, 1.82) is 0 Å². The van der Waals surface area contributed by atoms with Gasteiger partial charge < -0.3 is 10.1 Å². The van der Waals surface area contributed by atoms with Crippen LogP contribution in [0.3, 0.4) is 0 Å². The average molecular weight is 233 g/mol. The zero-order chi connectivity index (χ0) is 12.7. The molecule has 0 fully saturated rings. The maximum Gasteiger partial charge on any atom is 0.408 e. The molecule has 0 spiro atoms. The van der Waals surface area contributed by atoms with Crippen molar-refractivity contribution in [3.05, 3.63) is 23.8 Å². The fourth-order valence-electron chi connectivity index (χ4n) is 1.84. The molecule has 0 aromatic carbocycles. The summed E-state index contributed by atoms with van der Waals surface area (Å²) >= 11 is 0. The Morgan fingerprint density at radius 2 is 2.53 bits per heavy atom. The lowest BCUT2D eigenvalue weighted by molar-refractivity contribution is 0.161. The molecule has 1 aliphatic carbocycles. The van der Waals surface area contributed by atoms with Crippen LogP contribution in [0, 0.1) is 18.3 Å². The number of hydrogen-bond acceptors (Lipinski definition) is 2. The van der Waals surface area contributed by atoms with Gasteiger partial charge in [0.15, 0.2) is 6.61 Å². The van der Waals surface area contributed by atoms with Crippen molar-refractivity contribution >= 4 is 6.09 Å². The molecule has 1 amide bonds. The second-order valence-corrected chi connectivity index (χ2v) is 4.31. The van der Waals surface area contributed by atoms with Crippen molar-refractivity contribution in [3.8, 4) is 12.3 Å². The molecule has 1 atom stereocenters. The van der Waals surface area contributed by atoms with Crippen LogP contribution in [-0.2, 0) is 4.74 Å². The van der Waals surface area contributed by atoms with Crippen LogP contribution in [0.2, 0.25) is 0 Å². The van der Waals surface area contributed by atoms with E-state index in [1.165, 1.54) is 11.1 Å². The summed E-state index contributed by atoms with van der Waals surface area (Å²) in [6, 6.07) is 0. The lowest BCUT2D eigenvalue weighted by Gasteiger charge is -2.22. The van der Waals surface area contributed by atoms with Crippen molar-refractivity contribution in [2.75, 3.05) is 13.2 Å². The van der Waals surface area contributed by atoms with E-state index in [2.05, 4.69) is 30.8 Å². The van der Waals surface area contributed by atoms with Gasteiger partial charge in [0, 0.05) is 6.54 Å². The standard InChI is InChI=1S/C14H19NO2/c1-4-9-17-14(16)15-10-12-5-7-13(8-6-12)11(2)3/h1,5,13H,2,6-10H2,3H3,(H,15,16). The minimum absolute atomic E-state index is 0.0165. The summed E-state index contributed by atoms with van der Waals surface area (Å²) < 4.78 is 4.71. The highest BCUT2D eigenvalue weighted by molar-refractivity contribution is 5.67. The minimum Gasteiger partial charge on any atom is -0.436 e. The highest BCUT2D eigenvalue weighted by Crippen LogP contribution is 2.27. The van der Waals surface area contributed by atoms with Crippen LogP contribution in [-0.4, -0.2) is 19.2 Å². The molecule has 1 aliphatic rings. The fourth-order valence-corrected chi connectivity index (χ4v) is 1.84. The summed E-state index contributed by atoms with van der Waals surface area (Å²) in [7, 11) is 0. The third-order valence-electron chi connectivity index (χ3n) is 2.95. The largest absolute Gasteiger partial charge is 0.436 e. The zero-order valence-electron chi connectivity index (χ0n) is 10.3. The molecule has 17 heavy (non-hydrogen) atoms. The average Bonchev–Trinajstić information content (AvgIpc) is 2.34. The molecular formula is C14H19NO2. The number of carbonyl (C=O) groups is 1. The molecule has 1 N–H and O–H groups in total. The molecule has 0 heterocycles. The molecule has 0 aromatic heterocycles. The van der Waals surface area contributed by atoms with Gasteiger partial charge in [-0.1, -0.05) is 29.7 Å². The summed E-state index contributed by atoms with van der Waals surface area (Å²) in [5.41, 5.74) is 2.49. The van der Waals surface area contributed by atoms with E-state index in [0.29, 0.717) is 12.5 Å². The second-order valence-electron chi connectivity index (χ2n) is 4.31. The van der Waals surface area contributed by atoms with Crippen molar-refractivity contribution in [2.45, 2.75) is 26.2 Å². The van der Waals surface area contributed by atoms with Gasteiger partial charge in [-0.15, -0.1) is 6.42 Å². The molecule has 1 unspecified atom stereocenters. The molecular weight excluding hydrogens is 214 g/mol. The molecule has 92 valence electrons. The first-order valence-electron chi connectivity index (χ1n) is 5.81. The number of terminal acetylenes is 1. The van der Waals surface area contributed by atoms with E-state index in [1.807, 2.05) is 0 Å². The van der Waals surface area contributed by atoms with Crippen LogP contribution in [0.1, 0.15) is 26.2 Å². The van der Waals surface area contributed by atoms with Gasteiger partial charge >= 0.3 is 6.09 Å². The van der Waals surface area contributed by atoms with Crippen LogP contribution in [0.4, 0.5) is 4.79 Å². The molecule has 0 aliphatic heterocycles. The number of allylic oxidation sites excluding steroid dienone is 2. The number of carbonyl (C=O) groups excluding carboxylic acids is 1. The maximum atomic E-state index is 11.1. The van der Waals surface area contributed by atoms with Crippen molar-refractivity contribution < 1.29 is 9.53 Å². The second kappa shape index (κ2) is 6.80. The number of amides is 1. The highest BCUT2D eigenvalue weighted by Gasteiger charge is 2.15. The lowest BCUT2D eigenvalue weighted by Crippen LogP contribution is -2.27. The van der Waals surface area contributed by atoms with Crippen LogP contribution >= 0.6 is 0 Å². The van der Waals surface area contributed by atoms with Crippen LogP contribution in [0.25, 0.3) is 0 Å². The number of alkyl carbamates (subject to hydrolysis) is 1. The molecule has 3 nitrogen and oxygen atoms in total. The van der Waals surface area contributed by atoms with Gasteiger partial charge in [-0.2, -0.15) is 0 Å². The predicted molar refractivity (Wildman–Crippen MR) is 68.4 cm³/mol. The number of rotatable bonds is 4. The highest BCUT2D eigenvalue weighted by atomic mass is 16.5. The third-order valence-corrected chi connectivity index (χ3v) is 2.95. The minimum atomic E-state index is -0.453. The first-order valence-corrected chi connectivity index (χ1v) is 5.81. The normalized spacial score (nSPS) is 18.8. The molecule has 1 rings (SSSR count). The van der Waals surface area contributed by atoms with Crippen LogP contribution < -0.4 is 5.32 Å². The Labute approximate surface area is 103 Å². The zero-order valence-corrected chi connectivity index (χ0v) is 10.3. The van der Waals surface area contributed by atoms with E-state index in [-0.39, 0.29) is 6.61 Å². The smallest absolute Gasteiger partial charge is 0.408 e.